The van der Waals surface area contributed by atoms with E-state index in [0.29, 0.717) is 21.9 Å². The number of amides is 1. The molecule has 7 heteroatoms. The number of nitrogens with zero attached hydrogens (tertiary/aromatic N) is 3. The highest BCUT2D eigenvalue weighted by atomic mass is 35.5. The fourth-order valence-electron chi connectivity index (χ4n) is 3.01. The lowest BCUT2D eigenvalue weighted by Crippen LogP contribution is -2.18. The van der Waals surface area contributed by atoms with Crippen molar-refractivity contribution in [1.82, 2.24) is 14.8 Å². The first kappa shape index (κ1) is 17.2. The minimum Gasteiger partial charge on any atom is -0.306 e. The van der Waals surface area contributed by atoms with E-state index in [-0.39, 0.29) is 5.91 Å². The molecule has 1 fully saturated rings. The molecule has 1 saturated carbocycles. The normalized spacial score (nSPS) is 15.0. The molecule has 2 aromatic heterocycles. The van der Waals surface area contributed by atoms with Gasteiger partial charge in [0.2, 0.25) is 0 Å². The standard InChI is InChI=1S/C19H19ClN4OS/c1-11-17(26-19(22-11)14-5-7-15(20)8-6-14)18(25)23-16-9-10-21-24(16)12(2)13-3-4-13/h5-10,12-13H,3-4H2,1-2H3,(H,23,25). The monoisotopic (exact) mass is 386 g/mol. The third-order valence-corrected chi connectivity index (χ3v) is 6.15. The summed E-state index contributed by atoms with van der Waals surface area (Å²) in [5.74, 6) is 1.24. The summed E-state index contributed by atoms with van der Waals surface area (Å²) >= 11 is 7.33. The number of halogens is 1. The molecule has 26 heavy (non-hydrogen) atoms. The Morgan fingerprint density at radius 1 is 1.31 bits per heavy atom. The van der Waals surface area contributed by atoms with Crippen LogP contribution >= 0.6 is 22.9 Å². The van der Waals surface area contributed by atoms with Crippen LogP contribution in [-0.2, 0) is 0 Å². The summed E-state index contributed by atoms with van der Waals surface area (Å²) in [6.45, 7) is 4.01. The molecule has 1 amide bonds. The lowest BCUT2D eigenvalue weighted by molar-refractivity contribution is 0.102. The Morgan fingerprint density at radius 3 is 2.73 bits per heavy atom. The van der Waals surface area contributed by atoms with Crippen molar-refractivity contribution in [3.63, 3.8) is 0 Å². The number of aryl methyl sites for hydroxylation is 1. The molecule has 0 saturated heterocycles. The van der Waals surface area contributed by atoms with Crippen molar-refractivity contribution < 1.29 is 4.79 Å². The van der Waals surface area contributed by atoms with Gasteiger partial charge in [0.05, 0.1) is 17.9 Å². The molecule has 1 aromatic carbocycles. The van der Waals surface area contributed by atoms with Gasteiger partial charge in [-0.2, -0.15) is 5.10 Å². The Kier molecular flexibility index (Phi) is 4.54. The first-order chi connectivity index (χ1) is 12.5. The number of hydrogen-bond acceptors (Lipinski definition) is 4. The van der Waals surface area contributed by atoms with E-state index >= 15 is 0 Å². The Morgan fingerprint density at radius 2 is 2.04 bits per heavy atom. The number of anilines is 1. The van der Waals surface area contributed by atoms with Gasteiger partial charge in [0.25, 0.3) is 5.91 Å². The second-order valence-corrected chi connectivity index (χ2v) is 8.07. The first-order valence-corrected chi connectivity index (χ1v) is 9.80. The Bertz CT molecular complexity index is 943. The van der Waals surface area contributed by atoms with E-state index in [9.17, 15) is 4.79 Å². The van der Waals surface area contributed by atoms with Crippen molar-refractivity contribution in [1.29, 1.82) is 0 Å². The maximum Gasteiger partial charge on any atom is 0.268 e. The molecule has 0 radical (unpaired) electrons. The van der Waals surface area contributed by atoms with Crippen LogP contribution in [0.2, 0.25) is 5.02 Å². The Balaban J connectivity index is 1.56. The van der Waals surface area contributed by atoms with Gasteiger partial charge in [-0.3, -0.25) is 4.79 Å². The second kappa shape index (κ2) is 6.85. The van der Waals surface area contributed by atoms with Gasteiger partial charge in [-0.05, 0) is 44.7 Å². The van der Waals surface area contributed by atoms with Crippen molar-refractivity contribution in [2.75, 3.05) is 5.32 Å². The third kappa shape index (κ3) is 3.39. The number of rotatable bonds is 5. The molecule has 1 atom stereocenters. The zero-order chi connectivity index (χ0) is 18.3. The summed E-state index contributed by atoms with van der Waals surface area (Å²) in [5.41, 5.74) is 1.67. The number of hydrogen-bond donors (Lipinski definition) is 1. The van der Waals surface area contributed by atoms with Crippen molar-refractivity contribution in [2.45, 2.75) is 32.7 Å². The largest absolute Gasteiger partial charge is 0.306 e. The number of nitrogens with one attached hydrogen (secondary N) is 1. The molecule has 1 aliphatic carbocycles. The van der Waals surface area contributed by atoms with Crippen molar-refractivity contribution in [2.24, 2.45) is 5.92 Å². The third-order valence-electron chi connectivity index (χ3n) is 4.70. The molecule has 0 spiro atoms. The molecule has 0 aliphatic heterocycles. The second-order valence-electron chi connectivity index (χ2n) is 6.63. The molecule has 5 nitrogen and oxygen atoms in total. The van der Waals surface area contributed by atoms with Crippen LogP contribution in [0.3, 0.4) is 0 Å². The topological polar surface area (TPSA) is 59.8 Å². The van der Waals surface area contributed by atoms with Gasteiger partial charge < -0.3 is 5.32 Å². The molecule has 1 N–H and O–H groups in total. The minimum atomic E-state index is -0.148. The minimum absolute atomic E-state index is 0.148. The van der Waals surface area contributed by atoms with Crippen molar-refractivity contribution in [3.8, 4) is 10.6 Å². The van der Waals surface area contributed by atoms with Crippen molar-refractivity contribution in [3.05, 3.63) is 52.1 Å². The maximum atomic E-state index is 12.8. The van der Waals surface area contributed by atoms with E-state index in [4.69, 9.17) is 11.6 Å². The van der Waals surface area contributed by atoms with Gasteiger partial charge in [0, 0.05) is 16.7 Å². The van der Waals surface area contributed by atoms with Crippen LogP contribution in [-0.4, -0.2) is 20.7 Å². The predicted octanol–water partition coefficient (Wildman–Crippen LogP) is 5.19. The van der Waals surface area contributed by atoms with Crippen molar-refractivity contribution >= 4 is 34.7 Å². The lowest BCUT2D eigenvalue weighted by atomic mass is 10.2. The number of carbonyl (C=O) groups is 1. The Hall–Kier alpha value is -2.18. The molecule has 3 aromatic rings. The van der Waals surface area contributed by atoms with E-state index < -0.39 is 0 Å². The van der Waals surface area contributed by atoms with Crippen LogP contribution in [0, 0.1) is 12.8 Å². The summed E-state index contributed by atoms with van der Waals surface area (Å²) in [7, 11) is 0. The van der Waals surface area contributed by atoms with Gasteiger partial charge in [-0.1, -0.05) is 23.7 Å². The predicted molar refractivity (Wildman–Crippen MR) is 105 cm³/mol. The average Bonchev–Trinajstić information content (AvgIpc) is 3.26. The van der Waals surface area contributed by atoms with Gasteiger partial charge in [0.15, 0.2) is 0 Å². The van der Waals surface area contributed by atoms with Crippen LogP contribution in [0.4, 0.5) is 5.82 Å². The van der Waals surface area contributed by atoms with E-state index in [1.807, 2.05) is 41.9 Å². The van der Waals surface area contributed by atoms with Gasteiger partial charge >= 0.3 is 0 Å². The number of benzene rings is 1. The van der Waals surface area contributed by atoms with Gasteiger partial charge in [-0.15, -0.1) is 11.3 Å². The maximum absolute atomic E-state index is 12.8. The SMILES string of the molecule is Cc1nc(-c2ccc(Cl)cc2)sc1C(=O)Nc1ccnn1C(C)C1CC1. The number of carbonyl (C=O) groups excluding carboxylic acids is 1. The molecule has 1 aliphatic rings. The molecular weight excluding hydrogens is 368 g/mol. The summed E-state index contributed by atoms with van der Waals surface area (Å²) < 4.78 is 1.91. The number of aromatic nitrogens is 3. The summed E-state index contributed by atoms with van der Waals surface area (Å²) in [6, 6.07) is 9.61. The quantitative estimate of drug-likeness (QED) is 0.656. The molecule has 134 valence electrons. The fourth-order valence-corrected chi connectivity index (χ4v) is 4.11. The molecule has 0 bridgehead atoms. The van der Waals surface area contributed by atoms with Crippen LogP contribution in [0.5, 0.6) is 0 Å². The first-order valence-electron chi connectivity index (χ1n) is 8.61. The van der Waals surface area contributed by atoms with Gasteiger partial charge in [-0.25, -0.2) is 9.67 Å². The Labute approximate surface area is 161 Å². The van der Waals surface area contributed by atoms with Gasteiger partial charge in [0.1, 0.15) is 15.7 Å². The summed E-state index contributed by atoms with van der Waals surface area (Å²) in [6.07, 6.45) is 4.19. The highest BCUT2D eigenvalue weighted by Gasteiger charge is 2.31. The summed E-state index contributed by atoms with van der Waals surface area (Å²) in [5, 5.41) is 8.87. The highest BCUT2D eigenvalue weighted by molar-refractivity contribution is 7.17. The lowest BCUT2D eigenvalue weighted by Gasteiger charge is -2.15. The highest BCUT2D eigenvalue weighted by Crippen LogP contribution is 2.40. The number of thiazole rings is 1. The fraction of sp³-hybridized carbons (Fsp3) is 0.316. The molecular formula is C19H19ClN4OS. The van der Waals surface area contributed by atoms with Crippen LogP contribution in [0.25, 0.3) is 10.6 Å². The molecule has 2 heterocycles. The van der Waals surface area contributed by atoms with E-state index in [0.717, 1.165) is 22.1 Å². The van der Waals surface area contributed by atoms with E-state index in [2.05, 4.69) is 22.3 Å². The van der Waals surface area contributed by atoms with E-state index in [1.165, 1.54) is 24.2 Å². The smallest absolute Gasteiger partial charge is 0.268 e. The summed E-state index contributed by atoms with van der Waals surface area (Å²) in [4.78, 5) is 18.0. The van der Waals surface area contributed by atoms with Crippen LogP contribution in [0.1, 0.15) is 41.2 Å². The molecule has 1 unspecified atom stereocenters. The average molecular weight is 387 g/mol. The zero-order valence-electron chi connectivity index (χ0n) is 14.6. The molecule has 4 rings (SSSR count). The van der Waals surface area contributed by atoms with Crippen LogP contribution < -0.4 is 5.32 Å². The van der Waals surface area contributed by atoms with E-state index in [1.54, 1.807) is 6.20 Å². The zero-order valence-corrected chi connectivity index (χ0v) is 16.1. The van der Waals surface area contributed by atoms with Crippen LogP contribution in [0.15, 0.2) is 36.5 Å².